The van der Waals surface area contributed by atoms with Gasteiger partial charge in [0, 0.05) is 53.7 Å². The first-order valence-corrected chi connectivity index (χ1v) is 25.1. The Labute approximate surface area is 416 Å². The van der Waals surface area contributed by atoms with Crippen molar-refractivity contribution in [1.29, 1.82) is 0 Å². The Kier molecular flexibility index (Phi) is 9.75. The van der Waals surface area contributed by atoms with E-state index in [-0.39, 0.29) is 0 Å². The van der Waals surface area contributed by atoms with Crippen molar-refractivity contribution in [3.05, 3.63) is 267 Å². The third kappa shape index (κ3) is 7.01. The molecule has 0 unspecified atom stereocenters. The summed E-state index contributed by atoms with van der Waals surface area (Å²) in [5.41, 5.74) is 16.5. The Balaban J connectivity index is 0.842. The van der Waals surface area contributed by atoms with E-state index in [2.05, 4.69) is 276 Å². The highest BCUT2D eigenvalue weighted by Crippen LogP contribution is 2.44. The van der Waals surface area contributed by atoms with Crippen LogP contribution in [0.5, 0.6) is 0 Å². The quantitative estimate of drug-likeness (QED) is 0.147. The van der Waals surface area contributed by atoms with Crippen molar-refractivity contribution < 1.29 is 0 Å². The fraction of sp³-hybridized carbons (Fsp3) is 0. The fourth-order valence-corrected chi connectivity index (χ4v) is 12.3. The van der Waals surface area contributed by atoms with E-state index in [4.69, 9.17) is 0 Å². The molecular weight excluding hydrogens is 877 g/mol. The molecule has 0 atom stereocenters. The van der Waals surface area contributed by atoms with E-state index >= 15 is 0 Å². The highest BCUT2D eigenvalue weighted by atomic mass is 32.1. The van der Waals surface area contributed by atoms with Crippen LogP contribution < -0.4 is 4.90 Å². The second kappa shape index (κ2) is 16.9. The minimum absolute atomic E-state index is 1.09. The molecule has 332 valence electrons. The molecule has 0 aliphatic carbocycles. The molecule has 12 aromatic carbocycles. The lowest BCUT2D eigenvalue weighted by molar-refractivity contribution is 1.18. The van der Waals surface area contributed by atoms with Gasteiger partial charge in [0.15, 0.2) is 0 Å². The number of hydrogen-bond donors (Lipinski definition) is 0. The van der Waals surface area contributed by atoms with Gasteiger partial charge >= 0.3 is 0 Å². The van der Waals surface area contributed by atoms with Gasteiger partial charge in [0.2, 0.25) is 0 Å². The van der Waals surface area contributed by atoms with Crippen LogP contribution in [0.4, 0.5) is 17.1 Å². The fourth-order valence-electron chi connectivity index (χ4n) is 11.0. The Morgan fingerprint density at radius 1 is 0.268 bits per heavy atom. The van der Waals surface area contributed by atoms with Gasteiger partial charge in [0.05, 0.1) is 11.0 Å². The van der Waals surface area contributed by atoms with Crippen LogP contribution in [0.1, 0.15) is 0 Å². The molecule has 0 radical (unpaired) electrons. The molecule has 71 heavy (non-hydrogen) atoms. The molecule has 0 fully saturated rings. The molecule has 0 bridgehead atoms. The van der Waals surface area contributed by atoms with Crippen LogP contribution in [-0.4, -0.2) is 4.57 Å². The largest absolute Gasteiger partial charge is 0.311 e. The number of para-hydroxylation sites is 2. The lowest BCUT2D eigenvalue weighted by atomic mass is 9.95. The summed E-state index contributed by atoms with van der Waals surface area (Å²) in [7, 11) is 0. The minimum atomic E-state index is 1.09. The number of thiophene rings is 1. The van der Waals surface area contributed by atoms with Crippen LogP contribution in [0.15, 0.2) is 267 Å². The van der Waals surface area contributed by atoms with E-state index < -0.39 is 0 Å². The molecule has 0 saturated heterocycles. The maximum absolute atomic E-state index is 2.39. The molecule has 0 aliphatic rings. The van der Waals surface area contributed by atoms with E-state index in [0.717, 1.165) is 28.3 Å². The van der Waals surface area contributed by atoms with Crippen LogP contribution in [0.25, 0.3) is 114 Å². The second-order valence-corrected chi connectivity index (χ2v) is 19.5. The summed E-state index contributed by atoms with van der Waals surface area (Å²) >= 11 is 1.90. The lowest BCUT2D eigenvalue weighted by Crippen LogP contribution is -2.09. The third-order valence-corrected chi connectivity index (χ3v) is 15.7. The van der Waals surface area contributed by atoms with Crippen molar-refractivity contribution in [1.82, 2.24) is 4.57 Å². The summed E-state index contributed by atoms with van der Waals surface area (Å²) < 4.78 is 5.06. The van der Waals surface area contributed by atoms with Gasteiger partial charge in [-0.05, 0) is 133 Å². The highest BCUT2D eigenvalue weighted by molar-refractivity contribution is 7.27. The molecular formula is C68H44N2S. The summed E-state index contributed by atoms with van der Waals surface area (Å²) in [6.07, 6.45) is 0. The monoisotopic (exact) mass is 920 g/mol. The molecule has 14 rings (SSSR count). The summed E-state index contributed by atoms with van der Waals surface area (Å²) in [5, 5.41) is 10.3. The normalized spacial score (nSPS) is 11.7. The van der Waals surface area contributed by atoms with Gasteiger partial charge < -0.3 is 9.47 Å². The number of fused-ring (bicyclic) bond motifs is 9. The van der Waals surface area contributed by atoms with E-state index in [1.807, 2.05) is 11.3 Å². The second-order valence-electron chi connectivity index (χ2n) is 18.5. The number of aromatic nitrogens is 1. The zero-order valence-electron chi connectivity index (χ0n) is 38.7. The highest BCUT2D eigenvalue weighted by Gasteiger charge is 2.18. The zero-order valence-corrected chi connectivity index (χ0v) is 39.5. The maximum atomic E-state index is 2.39. The summed E-state index contributed by atoms with van der Waals surface area (Å²) in [5.74, 6) is 0. The van der Waals surface area contributed by atoms with Crippen LogP contribution in [0, 0.1) is 0 Å². The first kappa shape index (κ1) is 41.0. The molecule has 2 heterocycles. The van der Waals surface area contributed by atoms with E-state index in [1.165, 1.54) is 102 Å². The predicted octanol–water partition coefficient (Wildman–Crippen LogP) is 19.6. The smallest absolute Gasteiger partial charge is 0.0541 e. The van der Waals surface area contributed by atoms with E-state index in [9.17, 15) is 0 Å². The van der Waals surface area contributed by atoms with Crippen LogP contribution in [-0.2, 0) is 0 Å². The number of rotatable bonds is 8. The third-order valence-electron chi connectivity index (χ3n) is 14.4. The summed E-state index contributed by atoms with van der Waals surface area (Å²) in [6, 6.07) is 97.8. The first-order valence-electron chi connectivity index (χ1n) is 24.3. The Morgan fingerprint density at radius 2 is 0.732 bits per heavy atom. The standard InChI is InChI=1S/C68H44N2S/c1-3-20-57-47(13-1)15-11-24-58(57)52-18-9-16-50(43-52)45-29-36-53(37-30-45)69(55-40-33-49(34-41-55)60-25-12-26-63-64-42-35-48-14-2-4-21-59(48)68(64)71-67(60)63)54-38-31-46(32-39-54)51-17-10-19-56(44-51)70-65-27-7-5-22-61(65)62-23-6-8-28-66(62)70/h1-44H. The van der Waals surface area contributed by atoms with Crippen LogP contribution in [0.2, 0.25) is 0 Å². The molecule has 14 aromatic rings. The van der Waals surface area contributed by atoms with Gasteiger partial charge in [-0.3, -0.25) is 0 Å². The van der Waals surface area contributed by atoms with Crippen LogP contribution >= 0.6 is 11.3 Å². The van der Waals surface area contributed by atoms with E-state index in [0.29, 0.717) is 0 Å². The average Bonchev–Trinajstić information content (AvgIpc) is 4.00. The predicted molar refractivity (Wildman–Crippen MR) is 305 cm³/mol. The molecule has 0 amide bonds. The topological polar surface area (TPSA) is 8.17 Å². The first-order chi connectivity index (χ1) is 35.2. The van der Waals surface area contributed by atoms with Crippen molar-refractivity contribution in [2.75, 3.05) is 4.90 Å². The molecule has 3 heteroatoms. The number of hydrogen-bond acceptors (Lipinski definition) is 2. The van der Waals surface area contributed by atoms with Crippen molar-refractivity contribution in [3.8, 4) is 50.2 Å². The maximum Gasteiger partial charge on any atom is 0.0541 e. The zero-order chi connectivity index (χ0) is 46.8. The number of anilines is 3. The van der Waals surface area contributed by atoms with Gasteiger partial charge in [-0.25, -0.2) is 0 Å². The van der Waals surface area contributed by atoms with Crippen molar-refractivity contribution in [2.45, 2.75) is 0 Å². The van der Waals surface area contributed by atoms with Crippen LogP contribution in [0.3, 0.4) is 0 Å². The summed E-state index contributed by atoms with van der Waals surface area (Å²) in [4.78, 5) is 2.38. The van der Waals surface area contributed by atoms with Gasteiger partial charge in [0.25, 0.3) is 0 Å². The molecule has 2 nitrogen and oxygen atoms in total. The molecule has 0 spiro atoms. The van der Waals surface area contributed by atoms with Crippen molar-refractivity contribution >= 4 is 91.9 Å². The van der Waals surface area contributed by atoms with Crippen molar-refractivity contribution in [2.24, 2.45) is 0 Å². The lowest BCUT2D eigenvalue weighted by Gasteiger charge is -2.26. The number of benzene rings is 12. The SMILES string of the molecule is c1cc(-c2ccc(N(c3ccc(-c4cccc(-n5c6ccccc6c6ccccc65)c4)cc3)c3ccc(-c4cccc5c4sc4c6ccccc6ccc54)cc3)cc2)cc(-c2cccc3ccccc23)c1. The molecule has 0 aliphatic heterocycles. The Morgan fingerprint density at radius 3 is 1.41 bits per heavy atom. The van der Waals surface area contributed by atoms with Gasteiger partial charge in [-0.15, -0.1) is 11.3 Å². The Bertz CT molecular complexity index is 4270. The minimum Gasteiger partial charge on any atom is -0.311 e. The molecule has 0 N–H and O–H groups in total. The average molecular weight is 921 g/mol. The summed E-state index contributed by atoms with van der Waals surface area (Å²) in [6.45, 7) is 0. The molecule has 2 aromatic heterocycles. The van der Waals surface area contributed by atoms with Gasteiger partial charge in [-0.2, -0.15) is 0 Å². The number of nitrogens with zero attached hydrogens (tertiary/aromatic N) is 2. The Hall–Kier alpha value is -9.02. The van der Waals surface area contributed by atoms with E-state index in [1.54, 1.807) is 0 Å². The van der Waals surface area contributed by atoms with Crippen molar-refractivity contribution in [3.63, 3.8) is 0 Å². The van der Waals surface area contributed by atoms with Gasteiger partial charge in [0.1, 0.15) is 0 Å². The molecule has 0 saturated carbocycles. The van der Waals surface area contributed by atoms with Gasteiger partial charge in [-0.1, -0.05) is 200 Å².